The first-order chi connectivity index (χ1) is 9.66. The molecule has 0 aliphatic heterocycles. The van der Waals surface area contributed by atoms with Crippen molar-refractivity contribution in [3.8, 4) is 11.4 Å². The summed E-state index contributed by atoms with van der Waals surface area (Å²) in [6.45, 7) is 3.71. The van der Waals surface area contributed by atoms with E-state index in [-0.39, 0.29) is 22.5 Å². The number of hydrogen-bond donors (Lipinski definition) is 0. The van der Waals surface area contributed by atoms with E-state index in [4.69, 9.17) is 11.6 Å². The van der Waals surface area contributed by atoms with Crippen molar-refractivity contribution >= 4 is 11.6 Å². The number of hydrogen-bond acceptors (Lipinski definition) is 2. The van der Waals surface area contributed by atoms with E-state index < -0.39 is 17.6 Å². The van der Waals surface area contributed by atoms with Gasteiger partial charge in [-0.25, -0.2) is 14.4 Å². The second-order valence-corrected chi connectivity index (χ2v) is 5.21. The Morgan fingerprint density at radius 1 is 1.05 bits per heavy atom. The third-order valence-corrected chi connectivity index (χ3v) is 2.98. The van der Waals surface area contributed by atoms with Crippen molar-refractivity contribution in [2.75, 3.05) is 0 Å². The van der Waals surface area contributed by atoms with Gasteiger partial charge in [-0.05, 0) is 30.2 Å². The molecule has 2 nitrogen and oxygen atoms in total. The summed E-state index contributed by atoms with van der Waals surface area (Å²) in [7, 11) is 0. The molecule has 0 bridgehead atoms. The molecule has 0 amide bonds. The van der Waals surface area contributed by atoms with Crippen LogP contribution in [0.3, 0.4) is 0 Å². The first-order valence-electron chi connectivity index (χ1n) is 6.09. The summed E-state index contributed by atoms with van der Waals surface area (Å²) in [5.41, 5.74) is -0.582. The Balaban J connectivity index is 2.59. The van der Waals surface area contributed by atoms with Crippen LogP contribution >= 0.6 is 11.6 Å². The zero-order valence-electron chi connectivity index (χ0n) is 11.2. The molecule has 0 saturated heterocycles. The Labute approximate surface area is 123 Å². The summed E-state index contributed by atoms with van der Waals surface area (Å²) in [5, 5.41) is 0.0986. The molecule has 0 aliphatic rings. The van der Waals surface area contributed by atoms with Crippen LogP contribution in [-0.2, 0) is 6.18 Å². The van der Waals surface area contributed by atoms with Gasteiger partial charge in [0.1, 0.15) is 11.0 Å². The highest BCUT2D eigenvalue weighted by Crippen LogP contribution is 2.33. The smallest absolute Gasteiger partial charge is 0.233 e. The van der Waals surface area contributed by atoms with Crippen molar-refractivity contribution in [2.24, 2.45) is 0 Å². The maximum atomic E-state index is 13.4. The number of alkyl halides is 3. The average Bonchev–Trinajstić information content (AvgIpc) is 2.36. The van der Waals surface area contributed by atoms with Crippen LogP contribution in [0, 0.1) is 5.82 Å². The number of rotatable bonds is 2. The van der Waals surface area contributed by atoms with Crippen molar-refractivity contribution in [1.29, 1.82) is 0 Å². The maximum Gasteiger partial charge on any atom is 0.416 e. The van der Waals surface area contributed by atoms with Gasteiger partial charge in [0.05, 0.1) is 5.56 Å². The van der Waals surface area contributed by atoms with E-state index in [1.165, 1.54) is 6.07 Å². The molecular weight excluding hydrogens is 308 g/mol. The summed E-state index contributed by atoms with van der Waals surface area (Å²) in [6.07, 6.45) is -4.64. The Bertz CT molecular complexity index is 669. The zero-order chi connectivity index (χ0) is 15.8. The average molecular weight is 319 g/mol. The lowest BCUT2D eigenvalue weighted by Gasteiger charge is -2.11. The third-order valence-electron chi connectivity index (χ3n) is 2.79. The monoisotopic (exact) mass is 318 g/mol. The van der Waals surface area contributed by atoms with Crippen LogP contribution < -0.4 is 0 Å². The third kappa shape index (κ3) is 3.69. The van der Waals surface area contributed by atoms with Gasteiger partial charge in [0.25, 0.3) is 0 Å². The molecule has 21 heavy (non-hydrogen) atoms. The zero-order valence-corrected chi connectivity index (χ0v) is 11.9. The molecule has 0 N–H and O–H groups in total. The molecule has 7 heteroatoms. The van der Waals surface area contributed by atoms with E-state index in [0.717, 1.165) is 12.1 Å². The summed E-state index contributed by atoms with van der Waals surface area (Å²) >= 11 is 5.85. The molecule has 0 fully saturated rings. The quantitative estimate of drug-likeness (QED) is 0.570. The van der Waals surface area contributed by atoms with Crippen molar-refractivity contribution < 1.29 is 17.6 Å². The Morgan fingerprint density at radius 3 is 2.29 bits per heavy atom. The van der Waals surface area contributed by atoms with Crippen LogP contribution in [0.4, 0.5) is 17.6 Å². The summed E-state index contributed by atoms with van der Waals surface area (Å²) in [5.74, 6) is -1.02. The second-order valence-electron chi connectivity index (χ2n) is 4.82. The van der Waals surface area contributed by atoms with Gasteiger partial charge >= 0.3 is 6.18 Å². The predicted molar refractivity (Wildman–Crippen MR) is 71.5 cm³/mol. The molecule has 0 unspecified atom stereocenters. The van der Waals surface area contributed by atoms with Gasteiger partial charge in [-0.3, -0.25) is 0 Å². The highest BCUT2D eigenvalue weighted by Gasteiger charge is 2.31. The standard InChI is InChI=1S/C14H11ClF4N2/c1-7(2)11-6-12(15)21-13(20-11)8-3-9(14(17,18)19)5-10(16)4-8/h3-7H,1-2H3. The lowest BCUT2D eigenvalue weighted by molar-refractivity contribution is -0.137. The highest BCUT2D eigenvalue weighted by molar-refractivity contribution is 6.29. The summed E-state index contributed by atoms with van der Waals surface area (Å²) < 4.78 is 51.6. The highest BCUT2D eigenvalue weighted by atomic mass is 35.5. The fourth-order valence-corrected chi connectivity index (χ4v) is 1.93. The van der Waals surface area contributed by atoms with E-state index in [9.17, 15) is 17.6 Å². The van der Waals surface area contributed by atoms with E-state index in [1.807, 2.05) is 13.8 Å². The van der Waals surface area contributed by atoms with Crippen molar-refractivity contribution in [2.45, 2.75) is 25.9 Å². The van der Waals surface area contributed by atoms with Crippen molar-refractivity contribution in [1.82, 2.24) is 9.97 Å². The molecule has 1 aromatic carbocycles. The normalized spacial score (nSPS) is 12.0. The minimum atomic E-state index is -4.64. The number of aromatic nitrogens is 2. The van der Waals surface area contributed by atoms with Gasteiger partial charge in [-0.15, -0.1) is 0 Å². The van der Waals surface area contributed by atoms with E-state index in [0.29, 0.717) is 11.8 Å². The van der Waals surface area contributed by atoms with E-state index in [2.05, 4.69) is 9.97 Å². The molecule has 1 heterocycles. The summed E-state index contributed by atoms with van der Waals surface area (Å²) in [4.78, 5) is 8.01. The summed E-state index contributed by atoms with van der Waals surface area (Å²) in [6, 6.07) is 3.71. The maximum absolute atomic E-state index is 13.4. The largest absolute Gasteiger partial charge is 0.416 e. The van der Waals surface area contributed by atoms with Crippen LogP contribution in [0.25, 0.3) is 11.4 Å². The molecule has 0 saturated carbocycles. The molecule has 2 rings (SSSR count). The van der Waals surface area contributed by atoms with Gasteiger partial charge in [0.15, 0.2) is 5.82 Å². The minimum Gasteiger partial charge on any atom is -0.233 e. The molecule has 112 valence electrons. The fourth-order valence-electron chi connectivity index (χ4n) is 1.74. The molecule has 1 aromatic heterocycles. The predicted octanol–water partition coefficient (Wildman–Crippen LogP) is 5.08. The van der Waals surface area contributed by atoms with Crippen LogP contribution in [0.1, 0.15) is 31.0 Å². The van der Waals surface area contributed by atoms with Gasteiger partial charge in [-0.1, -0.05) is 25.4 Å². The molecule has 2 aromatic rings. The van der Waals surface area contributed by atoms with Gasteiger partial charge < -0.3 is 0 Å². The molecule has 0 spiro atoms. The first-order valence-corrected chi connectivity index (χ1v) is 6.47. The van der Waals surface area contributed by atoms with Crippen molar-refractivity contribution in [3.63, 3.8) is 0 Å². The van der Waals surface area contributed by atoms with Crippen LogP contribution in [0.2, 0.25) is 5.15 Å². The number of halogens is 5. The minimum absolute atomic E-state index is 0.0138. The molecule has 0 aliphatic carbocycles. The van der Waals surface area contributed by atoms with Gasteiger partial charge in [0.2, 0.25) is 0 Å². The molecule has 0 atom stereocenters. The Hall–Kier alpha value is -1.69. The second kappa shape index (κ2) is 5.60. The topological polar surface area (TPSA) is 25.8 Å². The first kappa shape index (κ1) is 15.7. The Kier molecular flexibility index (Phi) is 4.18. The van der Waals surface area contributed by atoms with Gasteiger partial charge in [-0.2, -0.15) is 13.2 Å². The number of benzene rings is 1. The van der Waals surface area contributed by atoms with Crippen molar-refractivity contribution in [3.05, 3.63) is 46.5 Å². The van der Waals surface area contributed by atoms with Crippen LogP contribution in [-0.4, -0.2) is 9.97 Å². The lowest BCUT2D eigenvalue weighted by Crippen LogP contribution is -2.06. The van der Waals surface area contributed by atoms with E-state index >= 15 is 0 Å². The number of nitrogens with zero attached hydrogens (tertiary/aromatic N) is 2. The molecular formula is C14H11ClF4N2. The fraction of sp³-hybridized carbons (Fsp3) is 0.286. The van der Waals surface area contributed by atoms with Gasteiger partial charge in [0, 0.05) is 11.3 Å². The molecule has 0 radical (unpaired) electrons. The van der Waals surface area contributed by atoms with Crippen LogP contribution in [0.15, 0.2) is 24.3 Å². The van der Waals surface area contributed by atoms with Crippen LogP contribution in [0.5, 0.6) is 0 Å². The lowest BCUT2D eigenvalue weighted by atomic mass is 10.1. The van der Waals surface area contributed by atoms with E-state index in [1.54, 1.807) is 0 Å². The SMILES string of the molecule is CC(C)c1cc(Cl)nc(-c2cc(F)cc(C(F)(F)F)c2)n1. The Morgan fingerprint density at radius 2 is 1.71 bits per heavy atom.